The molecule has 1 saturated heterocycles. The fourth-order valence-electron chi connectivity index (χ4n) is 4.03. The summed E-state index contributed by atoms with van der Waals surface area (Å²) >= 11 is 0. The smallest absolute Gasteiger partial charge is 0.417 e. The number of ether oxygens (including phenoxy) is 1. The highest BCUT2D eigenvalue weighted by molar-refractivity contribution is 5.96. The number of aromatic amines is 1. The predicted molar refractivity (Wildman–Crippen MR) is 115 cm³/mol. The average Bonchev–Trinajstić information content (AvgIpc) is 3.27. The van der Waals surface area contributed by atoms with Gasteiger partial charge in [-0.3, -0.25) is 14.8 Å². The molecule has 11 heteroatoms. The molecule has 0 radical (unpaired) electrons. The first-order chi connectivity index (χ1) is 15.9. The Balaban J connectivity index is 1.23. The summed E-state index contributed by atoms with van der Waals surface area (Å²) in [5, 5.41) is 10.1. The van der Waals surface area contributed by atoms with Crippen LogP contribution in [0.25, 0.3) is 11.3 Å². The van der Waals surface area contributed by atoms with Gasteiger partial charge < -0.3 is 15.0 Å². The molecule has 0 aliphatic carbocycles. The molecule has 0 spiro atoms. The third kappa shape index (κ3) is 4.49. The Morgan fingerprint density at radius 1 is 1.09 bits per heavy atom. The minimum absolute atomic E-state index is 0.00791. The van der Waals surface area contributed by atoms with E-state index in [4.69, 9.17) is 4.74 Å². The minimum Gasteiger partial charge on any atom is -0.482 e. The number of pyridine rings is 1. The number of aromatic nitrogens is 3. The van der Waals surface area contributed by atoms with Crippen LogP contribution in [0.5, 0.6) is 5.75 Å². The molecule has 2 aliphatic heterocycles. The number of anilines is 2. The SMILES string of the molecule is O=C1COc2ccc(-c3n[nH]cc3CN3CCN(c4ccc(C(F)(F)F)cn4)CC3)cc2N1. The van der Waals surface area contributed by atoms with E-state index in [1.807, 2.05) is 29.3 Å². The molecule has 0 atom stereocenters. The molecule has 2 aliphatic rings. The normalized spacial score (nSPS) is 16.8. The van der Waals surface area contributed by atoms with Crippen molar-refractivity contribution in [3.63, 3.8) is 0 Å². The number of piperazine rings is 1. The number of H-pyrrole nitrogens is 1. The van der Waals surface area contributed by atoms with Gasteiger partial charge in [0.25, 0.3) is 5.91 Å². The Morgan fingerprint density at radius 2 is 1.91 bits per heavy atom. The van der Waals surface area contributed by atoms with Crippen molar-refractivity contribution in [3.8, 4) is 17.0 Å². The Kier molecular flexibility index (Phi) is 5.41. The number of amides is 1. The molecule has 2 N–H and O–H groups in total. The topological polar surface area (TPSA) is 86.4 Å². The monoisotopic (exact) mass is 458 g/mol. The van der Waals surface area contributed by atoms with E-state index in [9.17, 15) is 18.0 Å². The fourth-order valence-corrected chi connectivity index (χ4v) is 4.03. The van der Waals surface area contributed by atoms with Crippen molar-refractivity contribution in [2.45, 2.75) is 12.7 Å². The van der Waals surface area contributed by atoms with Crippen LogP contribution in [-0.4, -0.2) is 58.8 Å². The van der Waals surface area contributed by atoms with Crippen LogP contribution in [0.4, 0.5) is 24.7 Å². The summed E-state index contributed by atoms with van der Waals surface area (Å²) in [6, 6.07) is 8.06. The maximum absolute atomic E-state index is 12.8. The van der Waals surface area contributed by atoms with Gasteiger partial charge in [0.15, 0.2) is 6.61 Å². The molecule has 1 amide bonds. The second kappa shape index (κ2) is 8.39. The number of benzene rings is 1. The quantitative estimate of drug-likeness (QED) is 0.625. The maximum Gasteiger partial charge on any atom is 0.417 e. The minimum atomic E-state index is -4.39. The molecule has 0 unspecified atom stereocenters. The van der Waals surface area contributed by atoms with Gasteiger partial charge in [0.2, 0.25) is 0 Å². The molecule has 1 fully saturated rings. The van der Waals surface area contributed by atoms with Crippen LogP contribution >= 0.6 is 0 Å². The molecule has 0 saturated carbocycles. The van der Waals surface area contributed by atoms with Crippen LogP contribution in [0.2, 0.25) is 0 Å². The van der Waals surface area contributed by atoms with E-state index in [2.05, 4.69) is 25.4 Å². The van der Waals surface area contributed by atoms with Crippen molar-refractivity contribution in [3.05, 3.63) is 53.9 Å². The number of nitrogens with zero attached hydrogens (tertiary/aromatic N) is 4. The van der Waals surface area contributed by atoms with E-state index in [1.165, 1.54) is 6.07 Å². The Labute approximate surface area is 187 Å². The summed E-state index contributed by atoms with van der Waals surface area (Å²) < 4.78 is 43.7. The lowest BCUT2D eigenvalue weighted by Gasteiger charge is -2.35. The zero-order valence-electron chi connectivity index (χ0n) is 17.5. The number of rotatable bonds is 4. The van der Waals surface area contributed by atoms with Crippen LogP contribution in [0.3, 0.4) is 0 Å². The largest absolute Gasteiger partial charge is 0.482 e. The summed E-state index contributed by atoms with van der Waals surface area (Å²) in [6.07, 6.45) is -1.65. The van der Waals surface area contributed by atoms with Crippen LogP contribution in [-0.2, 0) is 17.5 Å². The number of alkyl halides is 3. The van der Waals surface area contributed by atoms with Gasteiger partial charge in [-0.25, -0.2) is 4.98 Å². The predicted octanol–water partition coefficient (Wildman–Crippen LogP) is 3.14. The van der Waals surface area contributed by atoms with Crippen LogP contribution in [0.15, 0.2) is 42.7 Å². The van der Waals surface area contributed by atoms with Gasteiger partial charge in [-0.05, 0) is 30.3 Å². The molecule has 0 bridgehead atoms. The molecule has 2 aromatic heterocycles. The maximum atomic E-state index is 12.8. The van der Waals surface area contributed by atoms with Gasteiger partial charge in [0, 0.05) is 56.2 Å². The number of carbonyl (C=O) groups is 1. The van der Waals surface area contributed by atoms with Gasteiger partial charge in [-0.1, -0.05) is 0 Å². The Hall–Kier alpha value is -3.60. The molecule has 33 heavy (non-hydrogen) atoms. The van der Waals surface area contributed by atoms with Crippen molar-refractivity contribution in [1.82, 2.24) is 20.1 Å². The van der Waals surface area contributed by atoms with Crippen LogP contribution < -0.4 is 15.0 Å². The van der Waals surface area contributed by atoms with E-state index in [0.717, 1.165) is 42.2 Å². The van der Waals surface area contributed by atoms with Gasteiger partial charge >= 0.3 is 6.18 Å². The summed E-state index contributed by atoms with van der Waals surface area (Å²) in [6.45, 7) is 3.47. The first kappa shape index (κ1) is 21.3. The van der Waals surface area contributed by atoms with Gasteiger partial charge in [0.05, 0.1) is 16.9 Å². The van der Waals surface area contributed by atoms with Gasteiger partial charge in [-0.2, -0.15) is 18.3 Å². The second-order valence-corrected chi connectivity index (χ2v) is 7.97. The zero-order chi connectivity index (χ0) is 23.0. The second-order valence-electron chi connectivity index (χ2n) is 7.97. The summed E-state index contributed by atoms with van der Waals surface area (Å²) in [7, 11) is 0. The summed E-state index contributed by atoms with van der Waals surface area (Å²) in [4.78, 5) is 19.9. The number of nitrogens with one attached hydrogen (secondary N) is 2. The lowest BCUT2D eigenvalue weighted by atomic mass is 10.1. The van der Waals surface area contributed by atoms with Gasteiger partial charge in [0.1, 0.15) is 11.6 Å². The van der Waals surface area contributed by atoms with Crippen molar-refractivity contribution in [2.24, 2.45) is 0 Å². The van der Waals surface area contributed by atoms with Gasteiger partial charge in [-0.15, -0.1) is 0 Å². The average molecular weight is 458 g/mol. The highest BCUT2D eigenvalue weighted by atomic mass is 19.4. The zero-order valence-corrected chi connectivity index (χ0v) is 17.5. The molecule has 3 aromatic rings. The van der Waals surface area contributed by atoms with E-state index >= 15 is 0 Å². The van der Waals surface area contributed by atoms with Crippen molar-refractivity contribution in [1.29, 1.82) is 0 Å². The molecule has 4 heterocycles. The first-order valence-corrected chi connectivity index (χ1v) is 10.5. The Morgan fingerprint density at radius 3 is 2.64 bits per heavy atom. The molecule has 5 rings (SSSR count). The van der Waals surface area contributed by atoms with Crippen molar-refractivity contribution < 1.29 is 22.7 Å². The van der Waals surface area contributed by atoms with E-state index < -0.39 is 11.7 Å². The molecular weight excluding hydrogens is 437 g/mol. The number of halogens is 3. The standard InChI is InChI=1S/C22H21F3N6O2/c23-22(24,25)16-2-4-19(26-11-16)31-7-5-30(6-8-31)12-15-10-27-29-21(15)14-1-3-18-17(9-14)28-20(32)13-33-18/h1-4,9-11H,5-8,12-13H2,(H,27,29)(H,28,32). The Bertz CT molecular complexity index is 1150. The van der Waals surface area contributed by atoms with Crippen molar-refractivity contribution >= 4 is 17.4 Å². The molecule has 8 nitrogen and oxygen atoms in total. The highest BCUT2D eigenvalue weighted by Gasteiger charge is 2.31. The lowest BCUT2D eigenvalue weighted by Crippen LogP contribution is -2.46. The number of carbonyl (C=O) groups excluding carboxylic acids is 1. The fraction of sp³-hybridized carbons (Fsp3) is 0.318. The summed E-state index contributed by atoms with van der Waals surface area (Å²) in [5.41, 5.74) is 2.55. The van der Waals surface area contributed by atoms with E-state index in [0.29, 0.717) is 36.9 Å². The number of hydrogen-bond donors (Lipinski definition) is 2. The third-order valence-corrected chi connectivity index (χ3v) is 5.77. The van der Waals surface area contributed by atoms with E-state index in [-0.39, 0.29) is 12.5 Å². The van der Waals surface area contributed by atoms with Crippen molar-refractivity contribution in [2.75, 3.05) is 43.0 Å². The van der Waals surface area contributed by atoms with Crippen LogP contribution in [0, 0.1) is 0 Å². The number of hydrogen-bond acceptors (Lipinski definition) is 6. The molecule has 172 valence electrons. The number of fused-ring (bicyclic) bond motifs is 1. The summed E-state index contributed by atoms with van der Waals surface area (Å²) in [5.74, 6) is 0.982. The third-order valence-electron chi connectivity index (χ3n) is 5.77. The lowest BCUT2D eigenvalue weighted by molar-refractivity contribution is -0.137. The molecular formula is C22H21F3N6O2. The highest BCUT2D eigenvalue weighted by Crippen LogP contribution is 2.33. The first-order valence-electron chi connectivity index (χ1n) is 10.5. The molecule has 1 aromatic carbocycles. The van der Waals surface area contributed by atoms with Crippen LogP contribution in [0.1, 0.15) is 11.1 Å². The van der Waals surface area contributed by atoms with E-state index in [1.54, 1.807) is 0 Å².